The Kier molecular flexibility index (Phi) is 7.53. The molecule has 0 atom stereocenters. The smallest absolute Gasteiger partial charge is 0.321 e. The van der Waals surface area contributed by atoms with E-state index in [1.165, 1.54) is 12.1 Å². The van der Waals surface area contributed by atoms with E-state index < -0.39 is 17.6 Å². The highest BCUT2D eigenvalue weighted by molar-refractivity contribution is 7.18. The monoisotopic (exact) mass is 556 g/mol. The van der Waals surface area contributed by atoms with E-state index in [0.717, 1.165) is 34.6 Å². The summed E-state index contributed by atoms with van der Waals surface area (Å²) < 4.78 is 38.9. The number of rotatable bonds is 6. The molecule has 0 saturated heterocycles. The van der Waals surface area contributed by atoms with Crippen molar-refractivity contribution < 1.29 is 22.8 Å². The van der Waals surface area contributed by atoms with Gasteiger partial charge >= 0.3 is 6.18 Å². The predicted molar refractivity (Wildman–Crippen MR) is 154 cm³/mol. The van der Waals surface area contributed by atoms with E-state index in [1.54, 1.807) is 37.3 Å². The fourth-order valence-electron chi connectivity index (χ4n) is 4.28. The van der Waals surface area contributed by atoms with Crippen LogP contribution >= 0.6 is 11.3 Å². The minimum atomic E-state index is -4.44. The molecule has 0 saturated carbocycles. The summed E-state index contributed by atoms with van der Waals surface area (Å²) in [6.45, 7) is 1.79. The molecule has 1 heterocycles. The standard InChI is InChI=1S/C32H23F3N2O2S/c1-20-19-28(40-29(20)31(39)36-25-17-13-22(14-18-25)21-7-3-2-4-8-21)37-30(38)27-10-6-5-9-26(27)23-11-15-24(16-12-23)32(33,34)35/h2-19H,1H3,(H,36,39)(H,37,38). The van der Waals surface area contributed by atoms with Crippen molar-refractivity contribution in [3.8, 4) is 22.3 Å². The average molecular weight is 557 g/mol. The van der Waals surface area contributed by atoms with Crippen LogP contribution in [0.2, 0.25) is 0 Å². The van der Waals surface area contributed by atoms with E-state index in [2.05, 4.69) is 10.6 Å². The van der Waals surface area contributed by atoms with Crippen LogP contribution in [0.25, 0.3) is 22.3 Å². The Bertz CT molecular complexity index is 1660. The zero-order valence-corrected chi connectivity index (χ0v) is 22.1. The van der Waals surface area contributed by atoms with Gasteiger partial charge in [-0.3, -0.25) is 9.59 Å². The van der Waals surface area contributed by atoms with Crippen LogP contribution in [0.3, 0.4) is 0 Å². The summed E-state index contributed by atoms with van der Waals surface area (Å²) in [6, 6.07) is 30.5. The first kappa shape index (κ1) is 26.9. The van der Waals surface area contributed by atoms with E-state index in [4.69, 9.17) is 0 Å². The molecule has 40 heavy (non-hydrogen) atoms. The van der Waals surface area contributed by atoms with Crippen LogP contribution in [0.15, 0.2) is 109 Å². The molecule has 2 N–H and O–H groups in total. The molecule has 200 valence electrons. The lowest BCUT2D eigenvalue weighted by molar-refractivity contribution is -0.137. The van der Waals surface area contributed by atoms with Crippen molar-refractivity contribution in [2.75, 3.05) is 10.6 Å². The van der Waals surface area contributed by atoms with E-state index >= 15 is 0 Å². The quantitative estimate of drug-likeness (QED) is 0.219. The molecule has 0 aliphatic heterocycles. The van der Waals surface area contributed by atoms with Gasteiger partial charge in [0.15, 0.2) is 0 Å². The zero-order valence-electron chi connectivity index (χ0n) is 21.3. The highest BCUT2D eigenvalue weighted by Crippen LogP contribution is 2.33. The SMILES string of the molecule is Cc1cc(NC(=O)c2ccccc2-c2ccc(C(F)(F)F)cc2)sc1C(=O)Nc1ccc(-c2ccccc2)cc1. The molecule has 5 aromatic rings. The molecule has 0 radical (unpaired) electrons. The number of anilines is 2. The second-order valence-corrected chi connectivity index (χ2v) is 10.1. The van der Waals surface area contributed by atoms with Crippen molar-refractivity contribution in [2.45, 2.75) is 13.1 Å². The number of hydrogen-bond donors (Lipinski definition) is 2. The molecule has 0 unspecified atom stereocenters. The number of carbonyl (C=O) groups is 2. The molecule has 0 aliphatic rings. The number of halogens is 3. The van der Waals surface area contributed by atoms with Gasteiger partial charge in [-0.15, -0.1) is 11.3 Å². The van der Waals surface area contributed by atoms with Gasteiger partial charge in [-0.25, -0.2) is 0 Å². The van der Waals surface area contributed by atoms with Gasteiger partial charge in [0.2, 0.25) is 0 Å². The van der Waals surface area contributed by atoms with Crippen molar-refractivity contribution >= 4 is 33.8 Å². The number of amides is 2. The summed E-state index contributed by atoms with van der Waals surface area (Å²) in [5.74, 6) is -0.721. The Hall–Kier alpha value is -4.69. The Morgan fingerprint density at radius 3 is 1.95 bits per heavy atom. The first-order valence-electron chi connectivity index (χ1n) is 12.3. The van der Waals surface area contributed by atoms with Gasteiger partial charge in [0.25, 0.3) is 11.8 Å². The number of aryl methyl sites for hydroxylation is 1. The fourth-order valence-corrected chi connectivity index (χ4v) is 5.25. The second-order valence-electron chi connectivity index (χ2n) is 9.10. The molecule has 4 nitrogen and oxygen atoms in total. The van der Waals surface area contributed by atoms with Crippen LogP contribution in [-0.4, -0.2) is 11.8 Å². The van der Waals surface area contributed by atoms with Crippen LogP contribution in [0.4, 0.5) is 23.9 Å². The van der Waals surface area contributed by atoms with E-state index in [1.807, 2.05) is 54.6 Å². The molecule has 0 bridgehead atoms. The first-order valence-corrected chi connectivity index (χ1v) is 13.2. The molecule has 5 rings (SSSR count). The van der Waals surface area contributed by atoms with Gasteiger partial charge in [-0.05, 0) is 71.1 Å². The van der Waals surface area contributed by atoms with E-state index in [9.17, 15) is 22.8 Å². The highest BCUT2D eigenvalue weighted by Gasteiger charge is 2.30. The van der Waals surface area contributed by atoms with Crippen LogP contribution in [0.1, 0.15) is 31.2 Å². The maximum atomic E-state index is 13.2. The Morgan fingerprint density at radius 2 is 1.27 bits per heavy atom. The van der Waals surface area contributed by atoms with Gasteiger partial charge in [-0.2, -0.15) is 13.2 Å². The predicted octanol–water partition coefficient (Wildman–Crippen LogP) is 8.91. The van der Waals surface area contributed by atoms with Gasteiger partial charge in [0, 0.05) is 11.3 Å². The number of thiophene rings is 1. The normalized spacial score (nSPS) is 11.2. The molecule has 2 amide bonds. The number of nitrogens with one attached hydrogen (secondary N) is 2. The summed E-state index contributed by atoms with van der Waals surface area (Å²) in [6.07, 6.45) is -4.44. The Morgan fingerprint density at radius 1 is 0.675 bits per heavy atom. The Labute approximate surface area is 233 Å². The largest absolute Gasteiger partial charge is 0.416 e. The van der Waals surface area contributed by atoms with E-state index in [-0.39, 0.29) is 5.91 Å². The lowest BCUT2D eigenvalue weighted by atomic mass is 9.98. The third-order valence-corrected chi connectivity index (χ3v) is 7.46. The molecule has 0 aliphatic carbocycles. The Balaban J connectivity index is 1.30. The summed E-state index contributed by atoms with van der Waals surface area (Å²) in [7, 11) is 0. The summed E-state index contributed by atoms with van der Waals surface area (Å²) in [5, 5.41) is 6.21. The van der Waals surface area contributed by atoms with Gasteiger partial charge < -0.3 is 10.6 Å². The van der Waals surface area contributed by atoms with E-state index in [0.29, 0.717) is 37.8 Å². The summed E-state index contributed by atoms with van der Waals surface area (Å²) in [5.41, 5.74) is 3.99. The van der Waals surface area contributed by atoms with Crippen molar-refractivity contribution in [1.82, 2.24) is 0 Å². The third-order valence-electron chi connectivity index (χ3n) is 6.31. The fraction of sp³-hybridized carbons (Fsp3) is 0.0625. The van der Waals surface area contributed by atoms with Crippen molar-refractivity contribution in [2.24, 2.45) is 0 Å². The molecule has 8 heteroatoms. The third kappa shape index (κ3) is 5.97. The maximum Gasteiger partial charge on any atom is 0.416 e. The molecular weight excluding hydrogens is 533 g/mol. The number of carbonyl (C=O) groups excluding carboxylic acids is 2. The summed E-state index contributed by atoms with van der Waals surface area (Å²) >= 11 is 1.15. The number of alkyl halides is 3. The summed E-state index contributed by atoms with van der Waals surface area (Å²) in [4.78, 5) is 26.6. The molecule has 4 aromatic carbocycles. The zero-order chi connectivity index (χ0) is 28.3. The van der Waals surface area contributed by atoms with Gasteiger partial charge in [0.05, 0.1) is 15.4 Å². The van der Waals surface area contributed by atoms with Crippen molar-refractivity contribution in [3.63, 3.8) is 0 Å². The van der Waals surface area contributed by atoms with Crippen molar-refractivity contribution in [1.29, 1.82) is 0 Å². The minimum absolute atomic E-state index is 0.291. The molecule has 1 aromatic heterocycles. The van der Waals surface area contributed by atoms with Crippen LogP contribution in [0.5, 0.6) is 0 Å². The first-order chi connectivity index (χ1) is 19.2. The maximum absolute atomic E-state index is 13.2. The van der Waals surface area contributed by atoms with Crippen LogP contribution in [0, 0.1) is 6.92 Å². The van der Waals surface area contributed by atoms with Crippen LogP contribution < -0.4 is 10.6 Å². The molecule has 0 fully saturated rings. The molecular formula is C32H23F3N2O2S. The highest BCUT2D eigenvalue weighted by atomic mass is 32.1. The van der Waals surface area contributed by atoms with Crippen molar-refractivity contribution in [3.05, 3.63) is 131 Å². The number of benzene rings is 4. The second kappa shape index (κ2) is 11.2. The number of hydrogen-bond acceptors (Lipinski definition) is 3. The van der Waals surface area contributed by atoms with Gasteiger partial charge in [0.1, 0.15) is 0 Å². The topological polar surface area (TPSA) is 58.2 Å². The molecule has 0 spiro atoms. The lowest BCUT2D eigenvalue weighted by Crippen LogP contribution is -2.12. The van der Waals surface area contributed by atoms with Gasteiger partial charge in [-0.1, -0.05) is 72.8 Å². The average Bonchev–Trinajstić information content (AvgIpc) is 3.33. The lowest BCUT2D eigenvalue weighted by Gasteiger charge is -2.11. The van der Waals surface area contributed by atoms with Crippen LogP contribution in [-0.2, 0) is 6.18 Å². The minimum Gasteiger partial charge on any atom is -0.321 e.